The zero-order valence-electron chi connectivity index (χ0n) is 16.7. The van der Waals surface area contributed by atoms with Gasteiger partial charge in [-0.15, -0.1) is 0 Å². The highest BCUT2D eigenvalue weighted by Gasteiger charge is 2.30. The van der Waals surface area contributed by atoms with E-state index in [0.29, 0.717) is 16.5 Å². The van der Waals surface area contributed by atoms with Crippen LogP contribution in [0.1, 0.15) is 13.8 Å². The molecular formula is C20H23ClN2O6S. The fourth-order valence-corrected chi connectivity index (χ4v) is 4.01. The number of carbonyl (C=O) groups is 2. The molecule has 2 aromatic rings. The van der Waals surface area contributed by atoms with Gasteiger partial charge >= 0.3 is 5.97 Å². The van der Waals surface area contributed by atoms with E-state index < -0.39 is 40.5 Å². The third-order valence-electron chi connectivity index (χ3n) is 4.04. The number of halogens is 1. The monoisotopic (exact) mass is 454 g/mol. The summed E-state index contributed by atoms with van der Waals surface area (Å²) in [5, 5.41) is 2.92. The second-order valence-electron chi connectivity index (χ2n) is 6.66. The molecule has 0 aliphatic rings. The van der Waals surface area contributed by atoms with Gasteiger partial charge < -0.3 is 14.8 Å². The normalized spacial score (nSPS) is 12.3. The summed E-state index contributed by atoms with van der Waals surface area (Å²) in [6, 6.07) is 11.2. The highest BCUT2D eigenvalue weighted by molar-refractivity contribution is 7.89. The lowest BCUT2D eigenvalue weighted by atomic mass is 10.1. The minimum atomic E-state index is -3.93. The van der Waals surface area contributed by atoms with Gasteiger partial charge in [-0.25, -0.2) is 8.42 Å². The van der Waals surface area contributed by atoms with Crippen LogP contribution in [0.2, 0.25) is 5.02 Å². The van der Waals surface area contributed by atoms with Gasteiger partial charge in [0, 0.05) is 5.02 Å². The van der Waals surface area contributed by atoms with Gasteiger partial charge in [0.05, 0.1) is 17.7 Å². The van der Waals surface area contributed by atoms with Crippen molar-refractivity contribution >= 4 is 39.2 Å². The molecule has 0 saturated heterocycles. The molecule has 2 rings (SSSR count). The molecule has 0 aliphatic carbocycles. The smallest absolute Gasteiger partial charge is 0.324 e. The van der Waals surface area contributed by atoms with Gasteiger partial charge in [-0.1, -0.05) is 43.6 Å². The molecule has 10 heteroatoms. The average Bonchev–Trinajstić information content (AvgIpc) is 2.71. The molecule has 0 aliphatic heterocycles. The fourth-order valence-electron chi connectivity index (χ4n) is 2.48. The molecular weight excluding hydrogens is 432 g/mol. The number of nitrogens with one attached hydrogen (secondary N) is 2. The van der Waals surface area contributed by atoms with E-state index in [2.05, 4.69) is 10.0 Å². The fraction of sp³-hybridized carbons (Fsp3) is 0.300. The molecule has 2 N–H and O–H groups in total. The third-order valence-corrected chi connectivity index (χ3v) is 5.73. The lowest BCUT2D eigenvalue weighted by molar-refractivity contribution is -0.150. The van der Waals surface area contributed by atoms with Crippen molar-refractivity contribution in [2.75, 3.05) is 19.0 Å². The van der Waals surface area contributed by atoms with Crippen LogP contribution in [0.15, 0.2) is 53.4 Å². The first-order valence-electron chi connectivity index (χ1n) is 9.01. The van der Waals surface area contributed by atoms with Crippen LogP contribution >= 0.6 is 11.6 Å². The number of sulfonamides is 1. The van der Waals surface area contributed by atoms with Crippen LogP contribution in [-0.4, -0.2) is 40.1 Å². The Morgan fingerprint density at radius 3 is 2.37 bits per heavy atom. The van der Waals surface area contributed by atoms with Crippen molar-refractivity contribution in [1.82, 2.24) is 4.72 Å². The maximum Gasteiger partial charge on any atom is 0.324 e. The summed E-state index contributed by atoms with van der Waals surface area (Å²) in [4.78, 5) is 24.6. The summed E-state index contributed by atoms with van der Waals surface area (Å²) < 4.78 is 37.5. The van der Waals surface area contributed by atoms with E-state index in [1.807, 2.05) is 0 Å². The van der Waals surface area contributed by atoms with E-state index in [0.717, 1.165) is 0 Å². The van der Waals surface area contributed by atoms with Crippen molar-refractivity contribution in [2.24, 2.45) is 5.92 Å². The van der Waals surface area contributed by atoms with Gasteiger partial charge in [-0.2, -0.15) is 4.72 Å². The summed E-state index contributed by atoms with van der Waals surface area (Å²) in [5.74, 6) is -1.52. The predicted octanol–water partition coefficient (Wildman–Crippen LogP) is 2.83. The van der Waals surface area contributed by atoms with Gasteiger partial charge in [-0.3, -0.25) is 9.59 Å². The first-order valence-corrected chi connectivity index (χ1v) is 10.9. The Morgan fingerprint density at radius 2 is 1.77 bits per heavy atom. The van der Waals surface area contributed by atoms with Crippen LogP contribution in [0.25, 0.3) is 0 Å². The van der Waals surface area contributed by atoms with Gasteiger partial charge in [0.2, 0.25) is 10.0 Å². The molecule has 1 amide bonds. The van der Waals surface area contributed by atoms with Crippen LogP contribution in [-0.2, 0) is 24.3 Å². The summed E-state index contributed by atoms with van der Waals surface area (Å²) >= 11 is 5.92. The van der Waals surface area contributed by atoms with Gasteiger partial charge in [-0.05, 0) is 36.2 Å². The Hall–Kier alpha value is -2.62. The molecule has 30 heavy (non-hydrogen) atoms. The largest absolute Gasteiger partial charge is 0.495 e. The molecule has 0 unspecified atom stereocenters. The molecule has 8 nitrogen and oxygen atoms in total. The van der Waals surface area contributed by atoms with E-state index in [-0.39, 0.29) is 4.90 Å². The number of esters is 1. The Bertz CT molecular complexity index is 996. The zero-order valence-corrected chi connectivity index (χ0v) is 18.3. The summed E-state index contributed by atoms with van der Waals surface area (Å²) in [6.45, 7) is 2.72. The lowest BCUT2D eigenvalue weighted by Crippen LogP contribution is -2.45. The van der Waals surface area contributed by atoms with Crippen LogP contribution in [0.4, 0.5) is 5.69 Å². The number of methoxy groups -OCH3 is 1. The maximum atomic E-state index is 12.5. The lowest BCUT2D eigenvalue weighted by Gasteiger charge is -2.20. The van der Waals surface area contributed by atoms with Crippen molar-refractivity contribution in [3.8, 4) is 5.75 Å². The minimum Gasteiger partial charge on any atom is -0.495 e. The van der Waals surface area contributed by atoms with E-state index in [4.69, 9.17) is 21.1 Å². The summed E-state index contributed by atoms with van der Waals surface area (Å²) in [5.41, 5.74) is 0.316. The quantitative estimate of drug-likeness (QED) is 0.563. The number of anilines is 1. The standard InChI is InChI=1S/C20H23ClN2O6S/c1-13(2)19(23-30(26,27)15-7-5-4-6-8-15)20(25)29-12-18(24)22-16-11-14(21)9-10-17(16)28-3/h4-11,13,19,23H,12H2,1-3H3,(H,22,24)/t19-/m0/s1. The summed E-state index contributed by atoms with van der Waals surface area (Å²) in [6.07, 6.45) is 0. The first kappa shape index (κ1) is 23.7. The number of hydrogen-bond acceptors (Lipinski definition) is 6. The van der Waals surface area contributed by atoms with Crippen LogP contribution in [0.3, 0.4) is 0 Å². The highest BCUT2D eigenvalue weighted by atomic mass is 35.5. The van der Waals surface area contributed by atoms with E-state index in [9.17, 15) is 18.0 Å². The average molecular weight is 455 g/mol. The van der Waals surface area contributed by atoms with Crippen molar-refractivity contribution in [2.45, 2.75) is 24.8 Å². The molecule has 0 saturated carbocycles. The highest BCUT2D eigenvalue weighted by Crippen LogP contribution is 2.27. The summed E-state index contributed by atoms with van der Waals surface area (Å²) in [7, 11) is -2.50. The Kier molecular flexibility index (Phi) is 8.22. The van der Waals surface area contributed by atoms with Crippen LogP contribution < -0.4 is 14.8 Å². The van der Waals surface area contributed by atoms with Gasteiger partial charge in [0.15, 0.2) is 6.61 Å². The van der Waals surface area contributed by atoms with E-state index in [1.165, 1.54) is 25.3 Å². The van der Waals surface area contributed by atoms with Crippen molar-refractivity contribution in [1.29, 1.82) is 0 Å². The number of benzene rings is 2. The van der Waals surface area contributed by atoms with E-state index in [1.54, 1.807) is 44.2 Å². The molecule has 0 fully saturated rings. The first-order chi connectivity index (χ1) is 14.1. The SMILES string of the molecule is COc1ccc(Cl)cc1NC(=O)COC(=O)[C@@H](NS(=O)(=O)c1ccccc1)C(C)C. The van der Waals surface area contributed by atoms with E-state index >= 15 is 0 Å². The predicted molar refractivity (Wildman–Crippen MR) is 113 cm³/mol. The molecule has 1 atom stereocenters. The number of ether oxygens (including phenoxy) is 2. The van der Waals surface area contributed by atoms with Crippen molar-refractivity contribution in [3.05, 3.63) is 53.6 Å². The Morgan fingerprint density at radius 1 is 1.10 bits per heavy atom. The number of hydrogen-bond donors (Lipinski definition) is 2. The van der Waals surface area contributed by atoms with Crippen LogP contribution in [0.5, 0.6) is 5.75 Å². The maximum absolute atomic E-state index is 12.5. The second kappa shape index (κ2) is 10.4. The van der Waals surface area contributed by atoms with Crippen molar-refractivity contribution < 1.29 is 27.5 Å². The molecule has 0 radical (unpaired) electrons. The molecule has 0 aromatic heterocycles. The Balaban J connectivity index is 2.02. The molecule has 0 bridgehead atoms. The topological polar surface area (TPSA) is 111 Å². The molecule has 0 heterocycles. The number of amides is 1. The van der Waals surface area contributed by atoms with Gasteiger partial charge in [0.25, 0.3) is 5.91 Å². The number of rotatable bonds is 9. The van der Waals surface area contributed by atoms with Crippen molar-refractivity contribution in [3.63, 3.8) is 0 Å². The molecule has 2 aromatic carbocycles. The third kappa shape index (κ3) is 6.45. The molecule has 162 valence electrons. The molecule has 0 spiro atoms. The minimum absolute atomic E-state index is 0.0224. The number of carbonyl (C=O) groups excluding carboxylic acids is 2. The Labute approximate surface area is 180 Å². The van der Waals surface area contributed by atoms with Crippen LogP contribution in [0, 0.1) is 5.92 Å². The van der Waals surface area contributed by atoms with Gasteiger partial charge in [0.1, 0.15) is 11.8 Å². The second-order valence-corrected chi connectivity index (χ2v) is 8.81. The zero-order chi connectivity index (χ0) is 22.3.